The Bertz CT molecular complexity index is 1080. The molecule has 2 aromatic carbocycles. The van der Waals surface area contributed by atoms with Gasteiger partial charge in [-0.3, -0.25) is 19.0 Å². The van der Waals surface area contributed by atoms with Crippen LogP contribution in [0.1, 0.15) is 15.9 Å². The Morgan fingerprint density at radius 1 is 0.923 bits per heavy atom. The van der Waals surface area contributed by atoms with Gasteiger partial charge in [-0.1, -0.05) is 12.1 Å². The SMILES string of the molecule is [O]c1cc(S(=O)(=O)O)c(OC(=O)c2ccc([C]=O)cc2)cc1S(=O)(=O)O. The van der Waals surface area contributed by atoms with E-state index in [-0.39, 0.29) is 17.2 Å². The maximum absolute atomic E-state index is 12.1. The van der Waals surface area contributed by atoms with Gasteiger partial charge >= 0.3 is 5.97 Å². The quantitative estimate of drug-likeness (QED) is 0.422. The first-order chi connectivity index (χ1) is 11.9. The molecule has 2 radical (unpaired) electrons. The van der Waals surface area contributed by atoms with Gasteiger partial charge in [0.25, 0.3) is 20.2 Å². The smallest absolute Gasteiger partial charge is 0.343 e. The fourth-order valence-corrected chi connectivity index (χ4v) is 3.02. The van der Waals surface area contributed by atoms with Crippen molar-refractivity contribution >= 4 is 32.5 Å². The van der Waals surface area contributed by atoms with Crippen LogP contribution in [0.3, 0.4) is 0 Å². The van der Waals surface area contributed by atoms with E-state index in [1.54, 1.807) is 6.29 Å². The lowest BCUT2D eigenvalue weighted by Gasteiger charge is -2.10. The number of rotatable bonds is 5. The second kappa shape index (κ2) is 6.84. The molecule has 0 aromatic heterocycles. The van der Waals surface area contributed by atoms with Crippen molar-refractivity contribution in [1.82, 2.24) is 0 Å². The van der Waals surface area contributed by atoms with E-state index in [1.807, 2.05) is 0 Å². The zero-order valence-corrected chi connectivity index (χ0v) is 14.1. The molecule has 0 fully saturated rings. The normalized spacial score (nSPS) is 11.8. The molecule has 2 aromatic rings. The van der Waals surface area contributed by atoms with Gasteiger partial charge in [-0.2, -0.15) is 16.8 Å². The van der Waals surface area contributed by atoms with E-state index in [9.17, 15) is 31.5 Å². The third-order valence-electron chi connectivity index (χ3n) is 3.01. The molecule has 0 amide bonds. The van der Waals surface area contributed by atoms with Crippen LogP contribution in [0.25, 0.3) is 0 Å². The Morgan fingerprint density at radius 2 is 1.46 bits per heavy atom. The average Bonchev–Trinajstić information content (AvgIpc) is 2.54. The van der Waals surface area contributed by atoms with E-state index in [2.05, 4.69) is 0 Å². The van der Waals surface area contributed by atoms with E-state index in [0.717, 1.165) is 12.1 Å². The van der Waals surface area contributed by atoms with Gasteiger partial charge in [0, 0.05) is 17.7 Å². The first-order valence-electron chi connectivity index (χ1n) is 6.44. The van der Waals surface area contributed by atoms with Crippen LogP contribution in [0.2, 0.25) is 0 Å². The van der Waals surface area contributed by atoms with Crippen LogP contribution in [-0.2, 0) is 30.1 Å². The second-order valence-electron chi connectivity index (χ2n) is 4.76. The highest BCUT2D eigenvalue weighted by molar-refractivity contribution is 7.86. The molecule has 0 unspecified atom stereocenters. The zero-order valence-electron chi connectivity index (χ0n) is 12.4. The summed E-state index contributed by atoms with van der Waals surface area (Å²) in [5.74, 6) is -3.62. The molecule has 0 bridgehead atoms. The maximum Gasteiger partial charge on any atom is 0.343 e. The van der Waals surface area contributed by atoms with E-state index in [4.69, 9.17) is 13.8 Å². The lowest BCUT2D eigenvalue weighted by Crippen LogP contribution is -2.12. The third kappa shape index (κ3) is 4.23. The molecule has 2 rings (SSSR count). The minimum atomic E-state index is -5.06. The van der Waals surface area contributed by atoms with Crippen LogP contribution in [0.15, 0.2) is 46.2 Å². The van der Waals surface area contributed by atoms with Gasteiger partial charge < -0.3 is 4.74 Å². The Balaban J connectivity index is 2.55. The Labute approximate surface area is 147 Å². The van der Waals surface area contributed by atoms with Crippen molar-refractivity contribution in [3.63, 3.8) is 0 Å². The van der Waals surface area contributed by atoms with E-state index < -0.39 is 47.5 Å². The second-order valence-corrected chi connectivity index (χ2v) is 7.54. The fraction of sp³-hybridized carbons (Fsp3) is 0. The molecule has 0 saturated heterocycles. The molecule has 0 spiro atoms. The summed E-state index contributed by atoms with van der Waals surface area (Å²) in [6.45, 7) is 0. The van der Waals surface area contributed by atoms with Crippen LogP contribution < -0.4 is 4.74 Å². The molecule has 12 heteroatoms. The summed E-state index contributed by atoms with van der Waals surface area (Å²) in [4.78, 5) is 20.1. The maximum atomic E-state index is 12.1. The number of hydrogen-bond donors (Lipinski definition) is 2. The van der Waals surface area contributed by atoms with Crippen molar-refractivity contribution in [1.29, 1.82) is 0 Å². The molecule has 0 saturated carbocycles. The highest BCUT2D eigenvalue weighted by Gasteiger charge is 2.27. The van der Waals surface area contributed by atoms with Crippen LogP contribution in [-0.4, -0.2) is 38.2 Å². The van der Waals surface area contributed by atoms with Crippen molar-refractivity contribution in [2.24, 2.45) is 0 Å². The monoisotopic (exact) mass is 400 g/mol. The first-order valence-corrected chi connectivity index (χ1v) is 9.32. The van der Waals surface area contributed by atoms with Gasteiger partial charge in [0.15, 0.2) is 5.75 Å². The van der Waals surface area contributed by atoms with Gasteiger partial charge in [-0.05, 0) is 12.1 Å². The minimum Gasteiger partial charge on any atom is -0.421 e. The zero-order chi connectivity index (χ0) is 19.7. The topological polar surface area (TPSA) is 172 Å². The Morgan fingerprint density at radius 3 is 1.92 bits per heavy atom. The van der Waals surface area contributed by atoms with Crippen LogP contribution in [0.5, 0.6) is 11.5 Å². The van der Waals surface area contributed by atoms with Crippen molar-refractivity contribution in [3.8, 4) is 11.5 Å². The van der Waals surface area contributed by atoms with Crippen LogP contribution in [0, 0.1) is 0 Å². The third-order valence-corrected chi connectivity index (χ3v) is 4.76. The molecule has 0 aliphatic heterocycles. The number of carbonyl (C=O) groups is 1. The summed E-state index contributed by atoms with van der Waals surface area (Å²) in [7, 11) is -10.1. The highest BCUT2D eigenvalue weighted by Crippen LogP contribution is 2.34. The highest BCUT2D eigenvalue weighted by atomic mass is 32.2. The van der Waals surface area contributed by atoms with Gasteiger partial charge in [0.05, 0.1) is 5.56 Å². The molecule has 0 aliphatic rings. The molecule has 0 aliphatic carbocycles. The van der Waals surface area contributed by atoms with Gasteiger partial charge in [-0.25, -0.2) is 4.79 Å². The fourth-order valence-electron chi connectivity index (χ4n) is 1.84. The minimum absolute atomic E-state index is 0.115. The predicted octanol–water partition coefficient (Wildman–Crippen LogP) is 1.00. The Hall–Kier alpha value is -2.80. The molecular weight excluding hydrogens is 392 g/mol. The van der Waals surface area contributed by atoms with Crippen LogP contribution >= 0.6 is 0 Å². The van der Waals surface area contributed by atoms with Crippen molar-refractivity contribution < 1.29 is 45.4 Å². The number of hydrogen-bond acceptors (Lipinski definition) is 7. The first kappa shape index (κ1) is 19.5. The Kier molecular flexibility index (Phi) is 5.13. The molecular formula is C14H8O10S2. The number of ether oxygens (including phenoxy) is 1. The number of carbonyl (C=O) groups excluding carboxylic acids is 2. The molecule has 0 atom stereocenters. The molecule has 136 valence electrons. The summed E-state index contributed by atoms with van der Waals surface area (Å²) < 4.78 is 67.8. The summed E-state index contributed by atoms with van der Waals surface area (Å²) in [6.07, 6.45) is 1.56. The largest absolute Gasteiger partial charge is 0.421 e. The van der Waals surface area contributed by atoms with Gasteiger partial charge in [0.1, 0.15) is 9.79 Å². The van der Waals surface area contributed by atoms with E-state index in [1.165, 1.54) is 12.1 Å². The van der Waals surface area contributed by atoms with E-state index >= 15 is 0 Å². The van der Waals surface area contributed by atoms with Gasteiger partial charge in [-0.15, -0.1) is 0 Å². The van der Waals surface area contributed by atoms with Crippen LogP contribution in [0.4, 0.5) is 0 Å². The molecule has 26 heavy (non-hydrogen) atoms. The summed E-state index contributed by atoms with van der Waals surface area (Å²) in [5, 5.41) is 11.6. The lowest BCUT2D eigenvalue weighted by molar-refractivity contribution is 0.0729. The summed E-state index contributed by atoms with van der Waals surface area (Å²) in [5.41, 5.74) is -0.0468. The lowest BCUT2D eigenvalue weighted by atomic mass is 10.1. The predicted molar refractivity (Wildman–Crippen MR) is 82.4 cm³/mol. The number of benzene rings is 2. The van der Waals surface area contributed by atoms with Gasteiger partial charge in [0.2, 0.25) is 12.0 Å². The average molecular weight is 400 g/mol. The van der Waals surface area contributed by atoms with E-state index in [0.29, 0.717) is 6.07 Å². The molecule has 10 nitrogen and oxygen atoms in total. The number of esters is 1. The summed E-state index contributed by atoms with van der Waals surface area (Å²) in [6, 6.07) is 5.18. The standard InChI is InChI=1S/C14H8O10S2/c15-7-8-1-3-9(4-2-8)14(17)24-11-6-12(25(18,19)20)10(16)5-13(11)26(21,22)23/h1-6H,(H,18,19,20)(H,21,22,23). The van der Waals surface area contributed by atoms with Crippen molar-refractivity contribution in [3.05, 3.63) is 47.5 Å². The molecule has 0 heterocycles. The summed E-state index contributed by atoms with van der Waals surface area (Å²) >= 11 is 0. The van der Waals surface area contributed by atoms with Crippen molar-refractivity contribution in [2.45, 2.75) is 9.79 Å². The molecule has 2 N–H and O–H groups in total. The van der Waals surface area contributed by atoms with Crippen molar-refractivity contribution in [2.75, 3.05) is 0 Å².